The normalized spacial score (nSPS) is 9.86. The number of carbonyl (C=O) groups excluding carboxylic acids is 1. The van der Waals surface area contributed by atoms with Crippen LogP contribution in [0.1, 0.15) is 6.92 Å². The van der Waals surface area contributed by atoms with Crippen LogP contribution in [0.25, 0.3) is 0 Å². The number of nitrogens with zero attached hydrogens (tertiary/aromatic N) is 2. The van der Waals surface area contributed by atoms with Crippen molar-refractivity contribution in [1.29, 1.82) is 0 Å². The molecule has 114 valence electrons. The third kappa shape index (κ3) is 4.17. The van der Waals surface area contributed by atoms with E-state index in [9.17, 15) is 14.9 Å². The van der Waals surface area contributed by atoms with Crippen LogP contribution < -0.4 is 14.8 Å². The van der Waals surface area contributed by atoms with Gasteiger partial charge in [0.1, 0.15) is 17.3 Å². The number of nitrogens with one attached hydrogen (secondary N) is 1. The molecule has 0 aliphatic carbocycles. The molecule has 0 aliphatic rings. The number of pyridine rings is 1. The van der Waals surface area contributed by atoms with Crippen molar-refractivity contribution in [3.05, 3.63) is 52.7 Å². The van der Waals surface area contributed by atoms with Crippen LogP contribution in [0, 0.1) is 10.1 Å². The molecule has 0 bridgehead atoms. The summed E-state index contributed by atoms with van der Waals surface area (Å²) in [5.41, 5.74) is -0.0825. The first-order valence-electron chi connectivity index (χ1n) is 6.40. The van der Waals surface area contributed by atoms with Crippen LogP contribution in [-0.4, -0.2) is 22.6 Å². The number of hydrogen-bond donors (Lipinski definition) is 1. The van der Waals surface area contributed by atoms with Gasteiger partial charge in [-0.1, -0.05) is 0 Å². The highest BCUT2D eigenvalue weighted by atomic mass is 16.6. The van der Waals surface area contributed by atoms with E-state index in [1.54, 1.807) is 12.1 Å². The SMILES string of the molecule is CCOc1ccc(NC(=O)Oc2ccc([N+](=O)[O-])cc2)nc1. The number of nitro groups is 1. The molecule has 0 spiro atoms. The number of anilines is 1. The summed E-state index contributed by atoms with van der Waals surface area (Å²) in [5.74, 6) is 1.08. The van der Waals surface area contributed by atoms with E-state index in [1.165, 1.54) is 30.5 Å². The maximum atomic E-state index is 11.7. The predicted octanol–water partition coefficient (Wildman–Crippen LogP) is 3.00. The lowest BCUT2D eigenvalue weighted by molar-refractivity contribution is -0.384. The number of nitro benzene ring substituents is 1. The topological polar surface area (TPSA) is 104 Å². The van der Waals surface area contributed by atoms with Gasteiger partial charge in [-0.15, -0.1) is 0 Å². The summed E-state index contributed by atoms with van der Waals surface area (Å²) in [6.07, 6.45) is 0.732. The minimum Gasteiger partial charge on any atom is -0.492 e. The summed E-state index contributed by atoms with van der Waals surface area (Å²) in [6, 6.07) is 8.40. The molecule has 0 saturated carbocycles. The number of rotatable bonds is 5. The van der Waals surface area contributed by atoms with Gasteiger partial charge in [0.2, 0.25) is 0 Å². The lowest BCUT2D eigenvalue weighted by Gasteiger charge is -2.07. The number of non-ortho nitro benzene ring substituents is 1. The molecule has 2 aromatic rings. The van der Waals surface area contributed by atoms with Crippen LogP contribution in [-0.2, 0) is 0 Å². The largest absolute Gasteiger partial charge is 0.492 e. The molecule has 8 heteroatoms. The van der Waals surface area contributed by atoms with Gasteiger partial charge >= 0.3 is 6.09 Å². The van der Waals surface area contributed by atoms with Crippen LogP contribution in [0.5, 0.6) is 11.5 Å². The molecule has 0 fully saturated rings. The highest BCUT2D eigenvalue weighted by molar-refractivity contribution is 5.85. The zero-order chi connectivity index (χ0) is 15.9. The van der Waals surface area contributed by atoms with Gasteiger partial charge in [0.05, 0.1) is 17.7 Å². The van der Waals surface area contributed by atoms with Crippen LogP contribution in [0.4, 0.5) is 16.3 Å². The van der Waals surface area contributed by atoms with Gasteiger partial charge in [0.25, 0.3) is 5.69 Å². The molecule has 0 atom stereocenters. The van der Waals surface area contributed by atoms with Crippen LogP contribution in [0.15, 0.2) is 42.6 Å². The van der Waals surface area contributed by atoms with Gasteiger partial charge < -0.3 is 9.47 Å². The molecule has 0 aliphatic heterocycles. The molecule has 8 nitrogen and oxygen atoms in total. The molecule has 2 rings (SSSR count). The number of benzene rings is 1. The molecular weight excluding hydrogens is 290 g/mol. The van der Waals surface area contributed by atoms with E-state index in [2.05, 4.69) is 10.3 Å². The summed E-state index contributed by atoms with van der Waals surface area (Å²) in [6.45, 7) is 2.38. The van der Waals surface area contributed by atoms with Gasteiger partial charge in [-0.2, -0.15) is 0 Å². The Balaban J connectivity index is 1.93. The monoisotopic (exact) mass is 303 g/mol. The van der Waals surface area contributed by atoms with Crippen molar-refractivity contribution >= 4 is 17.6 Å². The molecular formula is C14H13N3O5. The maximum Gasteiger partial charge on any atom is 0.418 e. The first-order valence-corrected chi connectivity index (χ1v) is 6.40. The smallest absolute Gasteiger partial charge is 0.418 e. The summed E-state index contributed by atoms with van der Waals surface area (Å²) in [4.78, 5) is 25.6. The van der Waals surface area contributed by atoms with Crippen LogP contribution in [0.2, 0.25) is 0 Å². The van der Waals surface area contributed by atoms with Gasteiger partial charge in [0.15, 0.2) is 0 Å². The van der Waals surface area contributed by atoms with E-state index in [0.717, 1.165) is 0 Å². The number of aromatic nitrogens is 1. The molecule has 1 heterocycles. The summed E-state index contributed by atoms with van der Waals surface area (Å²) in [5, 5.41) is 13.0. The zero-order valence-corrected chi connectivity index (χ0v) is 11.7. The lowest BCUT2D eigenvalue weighted by Crippen LogP contribution is -2.17. The standard InChI is InChI=1S/C14H13N3O5/c1-2-21-12-7-8-13(15-9-12)16-14(18)22-11-5-3-10(4-6-11)17(19)20/h3-9H,2H2,1H3,(H,15,16,18). The van der Waals surface area contributed by atoms with Crippen molar-refractivity contribution in [2.75, 3.05) is 11.9 Å². The summed E-state index contributed by atoms with van der Waals surface area (Å²) >= 11 is 0. The predicted molar refractivity (Wildman–Crippen MR) is 78.1 cm³/mol. The first kappa shape index (κ1) is 15.2. The van der Waals surface area contributed by atoms with E-state index in [1.807, 2.05) is 6.92 Å². The zero-order valence-electron chi connectivity index (χ0n) is 11.7. The van der Waals surface area contributed by atoms with Crippen LogP contribution in [0.3, 0.4) is 0 Å². The van der Waals surface area contributed by atoms with E-state index in [-0.39, 0.29) is 11.4 Å². The number of ether oxygens (including phenoxy) is 2. The molecule has 0 saturated heterocycles. The van der Waals surface area contributed by atoms with Crippen LogP contribution >= 0.6 is 0 Å². The van der Waals surface area contributed by atoms with E-state index in [0.29, 0.717) is 18.2 Å². The second-order valence-electron chi connectivity index (χ2n) is 4.08. The molecule has 1 aromatic carbocycles. The quantitative estimate of drug-likeness (QED) is 0.672. The van der Waals surface area contributed by atoms with Gasteiger partial charge in [-0.05, 0) is 31.2 Å². The minimum absolute atomic E-state index is 0.0825. The Bertz CT molecular complexity index is 655. The van der Waals surface area contributed by atoms with E-state index in [4.69, 9.17) is 9.47 Å². The fraction of sp³-hybridized carbons (Fsp3) is 0.143. The Morgan fingerprint density at radius 3 is 2.45 bits per heavy atom. The third-order valence-electron chi connectivity index (χ3n) is 2.54. The fourth-order valence-corrected chi connectivity index (χ4v) is 1.58. The Kier molecular flexibility index (Phi) is 4.86. The third-order valence-corrected chi connectivity index (χ3v) is 2.54. The average molecular weight is 303 g/mol. The van der Waals surface area contributed by atoms with Crippen molar-refractivity contribution in [3.63, 3.8) is 0 Å². The first-order chi connectivity index (χ1) is 10.6. The highest BCUT2D eigenvalue weighted by Gasteiger charge is 2.09. The Morgan fingerprint density at radius 2 is 1.91 bits per heavy atom. The van der Waals surface area contributed by atoms with Crippen molar-refractivity contribution in [3.8, 4) is 11.5 Å². The molecule has 1 amide bonds. The highest BCUT2D eigenvalue weighted by Crippen LogP contribution is 2.18. The number of carbonyl (C=O) groups is 1. The summed E-state index contributed by atoms with van der Waals surface area (Å²) < 4.78 is 10.2. The fourth-order valence-electron chi connectivity index (χ4n) is 1.58. The van der Waals surface area contributed by atoms with Crippen molar-refractivity contribution in [2.45, 2.75) is 6.92 Å². The van der Waals surface area contributed by atoms with Crippen molar-refractivity contribution in [1.82, 2.24) is 4.98 Å². The van der Waals surface area contributed by atoms with Gasteiger partial charge in [-0.3, -0.25) is 15.4 Å². The Labute approximate surface area is 125 Å². The molecule has 1 aromatic heterocycles. The van der Waals surface area contributed by atoms with E-state index < -0.39 is 11.0 Å². The molecule has 22 heavy (non-hydrogen) atoms. The van der Waals surface area contributed by atoms with E-state index >= 15 is 0 Å². The maximum absolute atomic E-state index is 11.7. The second kappa shape index (κ2) is 7.02. The second-order valence-corrected chi connectivity index (χ2v) is 4.08. The number of amides is 1. The Hall–Kier alpha value is -3.16. The van der Waals surface area contributed by atoms with Gasteiger partial charge in [-0.25, -0.2) is 9.78 Å². The number of hydrogen-bond acceptors (Lipinski definition) is 6. The molecule has 1 N–H and O–H groups in total. The summed E-state index contributed by atoms with van der Waals surface area (Å²) in [7, 11) is 0. The van der Waals surface area contributed by atoms with Crippen molar-refractivity contribution in [2.24, 2.45) is 0 Å². The Morgan fingerprint density at radius 1 is 1.23 bits per heavy atom. The van der Waals surface area contributed by atoms with Crippen molar-refractivity contribution < 1.29 is 19.2 Å². The molecule has 0 unspecified atom stereocenters. The minimum atomic E-state index is -0.745. The molecule has 0 radical (unpaired) electrons. The lowest BCUT2D eigenvalue weighted by atomic mass is 10.3. The van der Waals surface area contributed by atoms with Gasteiger partial charge in [0, 0.05) is 12.1 Å². The average Bonchev–Trinajstić information content (AvgIpc) is 2.50.